The number of furan rings is 1. The summed E-state index contributed by atoms with van der Waals surface area (Å²) < 4.78 is 9.04. The monoisotopic (exact) mass is 472 g/mol. The topological polar surface area (TPSA) is 17.0 Å². The van der Waals surface area contributed by atoms with E-state index in [4.69, 9.17) is 4.42 Å². The summed E-state index contributed by atoms with van der Waals surface area (Å²) in [4.78, 5) is 0. The third kappa shape index (κ3) is 3.34. The molecule has 1 saturated carbocycles. The molecule has 2 nitrogen and oxygen atoms in total. The molecule has 0 aliphatic heterocycles. The van der Waals surface area contributed by atoms with E-state index < -0.39 is 0 Å². The molecular formula is C34H34NO+. The molecule has 2 aromatic heterocycles. The van der Waals surface area contributed by atoms with Crippen LogP contribution in [0.1, 0.15) is 66.7 Å². The van der Waals surface area contributed by atoms with Crippen LogP contribution in [0.4, 0.5) is 0 Å². The summed E-state index contributed by atoms with van der Waals surface area (Å²) in [6.45, 7) is 2.19. The Morgan fingerprint density at radius 1 is 0.722 bits per heavy atom. The Labute approximate surface area is 213 Å². The molecule has 0 atom stereocenters. The number of aromatic nitrogens is 1. The summed E-state index contributed by atoms with van der Waals surface area (Å²) in [6, 6.07) is 22.4. The van der Waals surface area contributed by atoms with Crippen molar-refractivity contribution in [2.75, 3.05) is 0 Å². The molecule has 2 aliphatic carbocycles. The van der Waals surface area contributed by atoms with Gasteiger partial charge in [0.15, 0.2) is 6.20 Å². The summed E-state index contributed by atoms with van der Waals surface area (Å²) in [5.74, 6) is 0.763. The molecule has 0 spiro atoms. The van der Waals surface area contributed by atoms with Crippen molar-refractivity contribution in [3.8, 4) is 22.4 Å². The van der Waals surface area contributed by atoms with Crippen LogP contribution in [0.2, 0.25) is 0 Å². The van der Waals surface area contributed by atoms with Gasteiger partial charge in [-0.1, -0.05) is 61.7 Å². The fraction of sp³-hybridized carbons (Fsp3) is 0.324. The van der Waals surface area contributed by atoms with Gasteiger partial charge in [0.05, 0.1) is 5.56 Å². The minimum atomic E-state index is 0.763. The normalized spacial score (nSPS) is 16.2. The van der Waals surface area contributed by atoms with Gasteiger partial charge in [0, 0.05) is 28.5 Å². The SMILES string of the molecule is Cc1ccc2c(oc3c(-c4ccc(C5CCCCC5)c5c4CCC5)cccc32)c1-c1cccc[n+]1C. The van der Waals surface area contributed by atoms with Gasteiger partial charge in [-0.25, -0.2) is 4.57 Å². The lowest BCUT2D eigenvalue weighted by atomic mass is 9.80. The number of aryl methyl sites for hydroxylation is 2. The zero-order valence-corrected chi connectivity index (χ0v) is 21.4. The summed E-state index contributed by atoms with van der Waals surface area (Å²) >= 11 is 0. The van der Waals surface area contributed by atoms with E-state index in [1.54, 1.807) is 16.7 Å². The lowest BCUT2D eigenvalue weighted by Crippen LogP contribution is -2.30. The van der Waals surface area contributed by atoms with E-state index in [1.807, 2.05) is 0 Å². The van der Waals surface area contributed by atoms with Crippen LogP contribution in [0.15, 0.2) is 71.3 Å². The predicted octanol–water partition coefficient (Wildman–Crippen LogP) is 8.59. The number of benzene rings is 3. The minimum Gasteiger partial charge on any atom is -0.454 e. The first-order valence-electron chi connectivity index (χ1n) is 13.8. The maximum absolute atomic E-state index is 6.85. The zero-order valence-electron chi connectivity index (χ0n) is 21.4. The predicted molar refractivity (Wildman–Crippen MR) is 148 cm³/mol. The molecule has 2 aliphatic rings. The molecule has 1 fully saturated rings. The molecule has 0 unspecified atom stereocenters. The highest BCUT2D eigenvalue weighted by Crippen LogP contribution is 2.45. The second kappa shape index (κ2) is 8.62. The molecule has 2 heteroatoms. The Morgan fingerprint density at radius 3 is 2.42 bits per heavy atom. The number of hydrogen-bond acceptors (Lipinski definition) is 1. The maximum Gasteiger partial charge on any atom is 0.216 e. The van der Waals surface area contributed by atoms with E-state index in [9.17, 15) is 0 Å². The molecule has 0 saturated heterocycles. The zero-order chi connectivity index (χ0) is 24.2. The minimum absolute atomic E-state index is 0.763. The number of pyridine rings is 1. The average molecular weight is 473 g/mol. The first-order chi connectivity index (χ1) is 17.7. The van der Waals surface area contributed by atoms with Crippen molar-refractivity contribution in [3.63, 3.8) is 0 Å². The highest BCUT2D eigenvalue weighted by atomic mass is 16.3. The van der Waals surface area contributed by atoms with Crippen molar-refractivity contribution >= 4 is 21.9 Å². The standard InChI is InChI=1S/C34H34NO/c1-22-17-18-30-29-15-9-14-28(33(29)36-34(30)32(22)31-16-6-7-21-35(31)2)27-20-19-24(23-10-4-3-5-11-23)25-12-8-13-26(25)27/h6-7,9,14-21,23H,3-5,8,10-13H2,1-2H3/q+1. The second-order valence-corrected chi connectivity index (χ2v) is 11.0. The summed E-state index contributed by atoms with van der Waals surface area (Å²) in [5, 5.41) is 2.41. The molecule has 7 rings (SSSR count). The molecule has 3 aromatic carbocycles. The van der Waals surface area contributed by atoms with E-state index in [0.717, 1.165) is 17.1 Å². The van der Waals surface area contributed by atoms with Crippen LogP contribution in [-0.4, -0.2) is 0 Å². The Kier molecular flexibility index (Phi) is 5.23. The van der Waals surface area contributed by atoms with Gasteiger partial charge in [-0.15, -0.1) is 0 Å². The van der Waals surface area contributed by atoms with Crippen molar-refractivity contribution in [3.05, 3.63) is 89.1 Å². The van der Waals surface area contributed by atoms with Gasteiger partial charge < -0.3 is 4.42 Å². The smallest absolute Gasteiger partial charge is 0.216 e. The third-order valence-electron chi connectivity index (χ3n) is 8.84. The van der Waals surface area contributed by atoms with E-state index in [1.165, 1.54) is 90.1 Å². The van der Waals surface area contributed by atoms with Crippen LogP contribution >= 0.6 is 0 Å². The van der Waals surface area contributed by atoms with Crippen molar-refractivity contribution in [2.24, 2.45) is 7.05 Å². The number of nitrogens with zero attached hydrogens (tertiary/aromatic N) is 1. The van der Waals surface area contributed by atoms with E-state index in [-0.39, 0.29) is 0 Å². The molecule has 0 N–H and O–H groups in total. The Hall–Kier alpha value is -3.39. The van der Waals surface area contributed by atoms with Crippen LogP contribution in [-0.2, 0) is 19.9 Å². The molecule has 2 heterocycles. The summed E-state index contributed by atoms with van der Waals surface area (Å²) in [6.07, 6.45) is 12.7. The van der Waals surface area contributed by atoms with Gasteiger partial charge in [0.1, 0.15) is 18.2 Å². The van der Waals surface area contributed by atoms with Crippen molar-refractivity contribution in [1.29, 1.82) is 0 Å². The fourth-order valence-corrected chi connectivity index (χ4v) is 7.06. The summed E-state index contributed by atoms with van der Waals surface area (Å²) in [7, 11) is 2.11. The number of hydrogen-bond donors (Lipinski definition) is 0. The molecular weight excluding hydrogens is 438 g/mol. The molecule has 0 bridgehead atoms. The van der Waals surface area contributed by atoms with Crippen molar-refractivity contribution in [1.82, 2.24) is 0 Å². The fourth-order valence-electron chi connectivity index (χ4n) is 7.06. The molecule has 36 heavy (non-hydrogen) atoms. The largest absolute Gasteiger partial charge is 0.454 e. The quantitative estimate of drug-likeness (QED) is 0.240. The molecule has 0 radical (unpaired) electrons. The molecule has 5 aromatic rings. The van der Waals surface area contributed by atoms with E-state index >= 15 is 0 Å². The molecule has 0 amide bonds. The van der Waals surface area contributed by atoms with Gasteiger partial charge in [-0.2, -0.15) is 0 Å². The summed E-state index contributed by atoms with van der Waals surface area (Å²) in [5.41, 5.74) is 13.1. The Bertz CT molecular complexity index is 1620. The Balaban J connectivity index is 1.45. The van der Waals surface area contributed by atoms with Crippen LogP contribution in [0.25, 0.3) is 44.3 Å². The van der Waals surface area contributed by atoms with Gasteiger partial charge >= 0.3 is 0 Å². The van der Waals surface area contributed by atoms with Gasteiger partial charge in [0.25, 0.3) is 0 Å². The van der Waals surface area contributed by atoms with E-state index in [0.29, 0.717) is 0 Å². The van der Waals surface area contributed by atoms with Crippen LogP contribution in [0, 0.1) is 6.92 Å². The highest BCUT2D eigenvalue weighted by Gasteiger charge is 2.27. The third-order valence-corrected chi connectivity index (χ3v) is 8.84. The highest BCUT2D eigenvalue weighted by molar-refractivity contribution is 6.13. The lowest BCUT2D eigenvalue weighted by molar-refractivity contribution is -0.660. The van der Waals surface area contributed by atoms with Crippen LogP contribution < -0.4 is 4.57 Å². The van der Waals surface area contributed by atoms with Crippen LogP contribution in [0.5, 0.6) is 0 Å². The average Bonchev–Trinajstić information content (AvgIpc) is 3.55. The first-order valence-corrected chi connectivity index (χ1v) is 13.8. The number of fused-ring (bicyclic) bond motifs is 4. The van der Waals surface area contributed by atoms with Gasteiger partial charge in [0.2, 0.25) is 5.69 Å². The van der Waals surface area contributed by atoms with Crippen molar-refractivity contribution < 1.29 is 8.98 Å². The van der Waals surface area contributed by atoms with Crippen molar-refractivity contribution in [2.45, 2.75) is 64.2 Å². The molecule has 180 valence electrons. The lowest BCUT2D eigenvalue weighted by Gasteiger charge is -2.25. The maximum atomic E-state index is 6.85. The van der Waals surface area contributed by atoms with Crippen LogP contribution in [0.3, 0.4) is 0 Å². The first kappa shape index (κ1) is 21.9. The number of rotatable bonds is 3. The van der Waals surface area contributed by atoms with Gasteiger partial charge in [-0.05, 0) is 78.8 Å². The number of para-hydroxylation sites is 1. The van der Waals surface area contributed by atoms with Gasteiger partial charge in [-0.3, -0.25) is 0 Å². The Morgan fingerprint density at radius 2 is 1.56 bits per heavy atom. The second-order valence-electron chi connectivity index (χ2n) is 11.0. The van der Waals surface area contributed by atoms with E-state index in [2.05, 4.69) is 85.4 Å².